The number of nitrogens with zero attached hydrogens (tertiary/aromatic N) is 1. The fraction of sp³-hybridized carbons (Fsp3) is 0.625. The van der Waals surface area contributed by atoms with Gasteiger partial charge in [0.05, 0.1) is 5.69 Å². The zero-order valence-corrected chi connectivity index (χ0v) is 7.13. The van der Waals surface area contributed by atoms with Crippen molar-refractivity contribution in [1.29, 1.82) is 0 Å². The second-order valence-corrected chi connectivity index (χ2v) is 3.42. The van der Waals surface area contributed by atoms with Gasteiger partial charge >= 0.3 is 5.69 Å². The Bertz CT molecular complexity index is 346. The maximum atomic E-state index is 11.1. The Hall–Kier alpha value is -1.19. The Morgan fingerprint density at radius 2 is 2.25 bits per heavy atom. The molecular formula is C8H13N3O. The number of nitrogen functional groups attached to an aromatic ring is 1. The summed E-state index contributed by atoms with van der Waals surface area (Å²) in [5.41, 5.74) is 6.58. The zero-order valence-electron chi connectivity index (χ0n) is 7.13. The van der Waals surface area contributed by atoms with Gasteiger partial charge in [-0.1, -0.05) is 6.42 Å². The maximum Gasteiger partial charge on any atom is 0.327 e. The third-order valence-corrected chi connectivity index (χ3v) is 2.70. The summed E-state index contributed by atoms with van der Waals surface area (Å²) >= 11 is 0. The predicted molar refractivity (Wildman–Crippen MR) is 47.0 cm³/mol. The Kier molecular flexibility index (Phi) is 1.49. The van der Waals surface area contributed by atoms with Crippen LogP contribution < -0.4 is 11.4 Å². The minimum atomic E-state index is -0.102. The minimum Gasteiger partial charge on any atom is -0.384 e. The van der Waals surface area contributed by atoms with Crippen LogP contribution in [0.5, 0.6) is 0 Å². The Balaban J connectivity index is 2.43. The van der Waals surface area contributed by atoms with Crippen molar-refractivity contribution >= 4 is 5.82 Å². The lowest BCUT2D eigenvalue weighted by Crippen LogP contribution is -2.13. The summed E-state index contributed by atoms with van der Waals surface area (Å²) in [7, 11) is 1.69. The average molecular weight is 167 g/mol. The Morgan fingerprint density at radius 3 is 2.58 bits per heavy atom. The molecule has 3 N–H and O–H groups in total. The van der Waals surface area contributed by atoms with Crippen LogP contribution in [0.4, 0.5) is 5.82 Å². The predicted octanol–water partition coefficient (Wildman–Crippen LogP) is 0.563. The highest BCUT2D eigenvalue weighted by Gasteiger charge is 2.24. The first-order valence-electron chi connectivity index (χ1n) is 4.24. The van der Waals surface area contributed by atoms with Crippen LogP contribution >= 0.6 is 0 Å². The van der Waals surface area contributed by atoms with Gasteiger partial charge in [0.15, 0.2) is 0 Å². The van der Waals surface area contributed by atoms with Gasteiger partial charge in [-0.25, -0.2) is 4.79 Å². The lowest BCUT2D eigenvalue weighted by atomic mass is 9.83. The van der Waals surface area contributed by atoms with E-state index in [9.17, 15) is 4.79 Å². The molecule has 12 heavy (non-hydrogen) atoms. The van der Waals surface area contributed by atoms with Crippen LogP contribution in [0.3, 0.4) is 0 Å². The van der Waals surface area contributed by atoms with Gasteiger partial charge in [-0.05, 0) is 12.8 Å². The molecule has 1 aliphatic rings. The molecule has 1 saturated carbocycles. The van der Waals surface area contributed by atoms with E-state index in [1.165, 1.54) is 11.0 Å². The van der Waals surface area contributed by atoms with Crippen molar-refractivity contribution in [3.8, 4) is 0 Å². The molecule has 4 heteroatoms. The number of rotatable bonds is 1. The van der Waals surface area contributed by atoms with E-state index in [0.29, 0.717) is 11.7 Å². The molecule has 1 aromatic heterocycles. The number of H-pyrrole nitrogens is 1. The second-order valence-electron chi connectivity index (χ2n) is 3.42. The third kappa shape index (κ3) is 0.873. The topological polar surface area (TPSA) is 63.8 Å². The number of hydrogen-bond acceptors (Lipinski definition) is 2. The van der Waals surface area contributed by atoms with Crippen molar-refractivity contribution in [2.75, 3.05) is 5.73 Å². The molecule has 1 aliphatic carbocycles. The summed E-state index contributed by atoms with van der Waals surface area (Å²) in [4.78, 5) is 13.9. The lowest BCUT2D eigenvalue weighted by Gasteiger charge is -2.24. The van der Waals surface area contributed by atoms with Gasteiger partial charge in [0.25, 0.3) is 0 Å². The third-order valence-electron chi connectivity index (χ3n) is 2.70. The van der Waals surface area contributed by atoms with Crippen LogP contribution in [0.15, 0.2) is 4.79 Å². The summed E-state index contributed by atoms with van der Waals surface area (Å²) in [6.45, 7) is 0. The number of nitrogens with two attached hydrogens (primary N) is 1. The van der Waals surface area contributed by atoms with Gasteiger partial charge in [-0.15, -0.1) is 0 Å². The molecule has 0 aromatic carbocycles. The van der Waals surface area contributed by atoms with Crippen molar-refractivity contribution in [3.63, 3.8) is 0 Å². The molecule has 0 aliphatic heterocycles. The van der Waals surface area contributed by atoms with E-state index >= 15 is 0 Å². The fourth-order valence-corrected chi connectivity index (χ4v) is 1.56. The summed E-state index contributed by atoms with van der Waals surface area (Å²) < 4.78 is 1.47. The molecule has 2 rings (SSSR count). The van der Waals surface area contributed by atoms with Crippen LogP contribution in [-0.4, -0.2) is 9.55 Å². The molecule has 0 unspecified atom stereocenters. The Labute approximate surface area is 70.4 Å². The van der Waals surface area contributed by atoms with E-state index in [1.54, 1.807) is 7.05 Å². The highest BCUT2D eigenvalue weighted by atomic mass is 16.1. The second kappa shape index (κ2) is 2.40. The molecule has 1 aromatic rings. The first-order chi connectivity index (χ1) is 5.70. The van der Waals surface area contributed by atoms with E-state index in [-0.39, 0.29) is 5.69 Å². The summed E-state index contributed by atoms with van der Waals surface area (Å²) in [6, 6.07) is 0. The molecule has 0 amide bonds. The van der Waals surface area contributed by atoms with Crippen molar-refractivity contribution in [2.45, 2.75) is 25.2 Å². The highest BCUT2D eigenvalue weighted by Crippen LogP contribution is 2.37. The molecule has 0 radical (unpaired) electrons. The van der Waals surface area contributed by atoms with Crippen molar-refractivity contribution in [3.05, 3.63) is 16.2 Å². The molecule has 66 valence electrons. The number of nitrogens with one attached hydrogen (secondary N) is 1. The van der Waals surface area contributed by atoms with E-state index in [0.717, 1.165) is 18.5 Å². The van der Waals surface area contributed by atoms with E-state index in [1.807, 2.05) is 0 Å². The summed E-state index contributed by atoms with van der Waals surface area (Å²) in [5, 5.41) is 0. The lowest BCUT2D eigenvalue weighted by molar-refractivity contribution is 0.413. The van der Waals surface area contributed by atoms with Crippen LogP contribution in [0.25, 0.3) is 0 Å². The van der Waals surface area contributed by atoms with Crippen molar-refractivity contribution in [1.82, 2.24) is 9.55 Å². The molecule has 4 nitrogen and oxygen atoms in total. The smallest absolute Gasteiger partial charge is 0.327 e. The van der Waals surface area contributed by atoms with Crippen LogP contribution in [0.2, 0.25) is 0 Å². The van der Waals surface area contributed by atoms with Crippen LogP contribution in [0.1, 0.15) is 30.9 Å². The summed E-state index contributed by atoms with van der Waals surface area (Å²) in [6.07, 6.45) is 3.56. The summed E-state index contributed by atoms with van der Waals surface area (Å²) in [5.74, 6) is 1.10. The Morgan fingerprint density at radius 1 is 1.58 bits per heavy atom. The molecule has 0 spiro atoms. The normalized spacial score (nSPS) is 17.8. The van der Waals surface area contributed by atoms with Gasteiger partial charge in [0.2, 0.25) is 0 Å². The quantitative estimate of drug-likeness (QED) is 0.642. The van der Waals surface area contributed by atoms with E-state index < -0.39 is 0 Å². The number of aromatic amines is 1. The number of anilines is 1. The SMILES string of the molecule is Cn1c(N)c(C2CCC2)[nH]c1=O. The molecular weight excluding hydrogens is 154 g/mol. The van der Waals surface area contributed by atoms with Crippen LogP contribution in [0, 0.1) is 0 Å². The van der Waals surface area contributed by atoms with Gasteiger partial charge in [0.1, 0.15) is 5.82 Å². The van der Waals surface area contributed by atoms with E-state index in [4.69, 9.17) is 5.73 Å². The van der Waals surface area contributed by atoms with Crippen molar-refractivity contribution in [2.24, 2.45) is 7.05 Å². The fourth-order valence-electron chi connectivity index (χ4n) is 1.56. The molecule has 0 bridgehead atoms. The average Bonchev–Trinajstić information content (AvgIpc) is 2.15. The molecule has 1 fully saturated rings. The van der Waals surface area contributed by atoms with Crippen LogP contribution in [-0.2, 0) is 7.05 Å². The standard InChI is InChI=1S/C8H13N3O/c1-11-7(9)6(10-8(11)12)5-3-2-4-5/h5H,2-4,9H2,1H3,(H,10,12). The minimum absolute atomic E-state index is 0.102. The number of imidazole rings is 1. The first kappa shape index (κ1) is 7.46. The molecule has 0 saturated heterocycles. The first-order valence-corrected chi connectivity index (χ1v) is 4.24. The largest absolute Gasteiger partial charge is 0.384 e. The van der Waals surface area contributed by atoms with Gasteiger partial charge < -0.3 is 10.7 Å². The highest BCUT2D eigenvalue weighted by molar-refractivity contribution is 5.38. The number of hydrogen-bond donors (Lipinski definition) is 2. The molecule has 1 heterocycles. The van der Waals surface area contributed by atoms with E-state index in [2.05, 4.69) is 4.98 Å². The maximum absolute atomic E-state index is 11.1. The van der Waals surface area contributed by atoms with Gasteiger partial charge in [-0.2, -0.15) is 0 Å². The van der Waals surface area contributed by atoms with Gasteiger partial charge in [0, 0.05) is 13.0 Å². The molecule has 0 atom stereocenters. The van der Waals surface area contributed by atoms with Gasteiger partial charge in [-0.3, -0.25) is 4.57 Å². The zero-order chi connectivity index (χ0) is 8.72. The number of aromatic nitrogens is 2. The monoisotopic (exact) mass is 167 g/mol. The van der Waals surface area contributed by atoms with Crippen molar-refractivity contribution < 1.29 is 0 Å².